The largest absolute Gasteiger partial charge is 0.480 e. The maximum Gasteiger partial charge on any atom is 0.326 e. The number of carbonyl (C=O) groups is 2. The number of halogens is 5. The van der Waals surface area contributed by atoms with Crippen LogP contribution in [0.15, 0.2) is 46.9 Å². The summed E-state index contributed by atoms with van der Waals surface area (Å²) < 4.78 is 90.9. The van der Waals surface area contributed by atoms with Crippen molar-refractivity contribution < 1.29 is 45.8 Å². The van der Waals surface area contributed by atoms with E-state index in [0.29, 0.717) is 16.5 Å². The van der Waals surface area contributed by atoms with E-state index in [4.69, 9.17) is 9.15 Å². The summed E-state index contributed by atoms with van der Waals surface area (Å²) in [6.45, 7) is 1.66. The second kappa shape index (κ2) is 12.0. The summed E-state index contributed by atoms with van der Waals surface area (Å²) in [4.78, 5) is 41.2. The van der Waals surface area contributed by atoms with E-state index >= 15 is 17.6 Å². The molecule has 4 aliphatic heterocycles. The molecule has 268 valence electrons. The van der Waals surface area contributed by atoms with Crippen molar-refractivity contribution in [1.82, 2.24) is 24.4 Å². The first kappa shape index (κ1) is 33.1. The molecule has 5 aromatic rings. The van der Waals surface area contributed by atoms with Gasteiger partial charge >= 0.3 is 17.8 Å². The normalized spacial score (nSPS) is 25.3. The number of rotatable bonds is 1. The Morgan fingerprint density at radius 3 is 2.53 bits per heavy atom. The summed E-state index contributed by atoms with van der Waals surface area (Å²) in [5.74, 6) is -12.1. The molecule has 3 aromatic heterocycles. The van der Waals surface area contributed by atoms with Crippen LogP contribution >= 0.6 is 0 Å². The van der Waals surface area contributed by atoms with Crippen molar-refractivity contribution in [3.8, 4) is 6.01 Å². The topological polar surface area (TPSA) is 127 Å². The van der Waals surface area contributed by atoms with Crippen molar-refractivity contribution in [2.45, 2.75) is 75.5 Å². The monoisotopic (exact) mass is 712 g/mol. The average molecular weight is 713 g/mol. The predicted molar refractivity (Wildman–Crippen MR) is 174 cm³/mol. The third kappa shape index (κ3) is 5.68. The Hall–Kier alpha value is -5.02. The van der Waals surface area contributed by atoms with Gasteiger partial charge in [-0.15, -0.1) is 0 Å². The van der Waals surface area contributed by atoms with Crippen LogP contribution in [0.5, 0.6) is 6.01 Å². The first-order valence-corrected chi connectivity index (χ1v) is 16.9. The predicted octanol–water partition coefficient (Wildman–Crippen LogP) is 6.69. The lowest BCUT2D eigenvalue weighted by Gasteiger charge is -2.39. The highest BCUT2D eigenvalue weighted by Crippen LogP contribution is 2.42. The van der Waals surface area contributed by atoms with Gasteiger partial charge in [0.15, 0.2) is 11.4 Å². The van der Waals surface area contributed by atoms with Gasteiger partial charge in [-0.25, -0.2) is 19.2 Å². The number of ether oxygens (including phenoxy) is 1. The summed E-state index contributed by atoms with van der Waals surface area (Å²) in [6, 6.07) is 9.01. The Balaban J connectivity index is 1.27. The first-order chi connectivity index (χ1) is 24.3. The van der Waals surface area contributed by atoms with E-state index in [0.717, 1.165) is 4.90 Å². The van der Waals surface area contributed by atoms with Crippen LogP contribution < -0.4 is 9.64 Å². The van der Waals surface area contributed by atoms with Crippen LogP contribution in [0.1, 0.15) is 57.3 Å². The zero-order valence-corrected chi connectivity index (χ0v) is 27.4. The molecule has 0 aliphatic carbocycles. The number of carboxylic acid groups (broad SMARTS) is 1. The molecule has 7 heterocycles. The smallest absolute Gasteiger partial charge is 0.326 e. The standard InChI is InChI=1S/C35H33F5N6O5/c1-18-16-44-13-10-23(18)46-24-9-8-19(36)14-22(24)41-33(46)50-20-15-25(30(47)48)45(17-20)29-28-27(21-6-2-3-7-26(21)51-28)42-31(43-29)34(37,38)11-4-5-12-35(39,40)32(44)49/h2-3,6-9,14,18,20,23,25H,4-5,10-13,15-17H2,1H3,(H,47,48)/t18-,20?,23-,25-/m0/s1. The summed E-state index contributed by atoms with van der Waals surface area (Å²) in [7, 11) is 0. The number of carbonyl (C=O) groups excluding carboxylic acids is 1. The Labute approximate surface area is 287 Å². The molecule has 51 heavy (non-hydrogen) atoms. The SMILES string of the molecule is C[C@H]1CN2CC[C@@H]1n1c(nc3cc(F)ccc31)OC1C[C@@H](C(=O)O)N(C1)c1nc(nc3c1oc1ccccc13)C(F)(F)CCCCC(F)(F)C2=O. The average Bonchev–Trinajstić information content (AvgIpc) is 3.79. The number of amides is 1. The van der Waals surface area contributed by atoms with Gasteiger partial charge in [-0.3, -0.25) is 9.36 Å². The van der Waals surface area contributed by atoms with Gasteiger partial charge in [-0.05, 0) is 49.4 Å². The molecule has 1 amide bonds. The lowest BCUT2D eigenvalue weighted by atomic mass is 9.92. The van der Waals surface area contributed by atoms with Gasteiger partial charge in [-0.2, -0.15) is 22.5 Å². The van der Waals surface area contributed by atoms with E-state index in [1.54, 1.807) is 35.8 Å². The van der Waals surface area contributed by atoms with Gasteiger partial charge in [0.05, 0.1) is 17.6 Å². The maximum absolute atomic E-state index is 15.9. The number of benzene rings is 2. The van der Waals surface area contributed by atoms with Crippen LogP contribution in [0.3, 0.4) is 0 Å². The summed E-state index contributed by atoms with van der Waals surface area (Å²) in [5.41, 5.74) is 1.14. The zero-order valence-electron chi connectivity index (χ0n) is 27.4. The second-order valence-electron chi connectivity index (χ2n) is 13.7. The van der Waals surface area contributed by atoms with Crippen LogP contribution in [0.2, 0.25) is 0 Å². The Kier molecular flexibility index (Phi) is 7.83. The number of hydrogen-bond acceptors (Lipinski definition) is 8. The lowest BCUT2D eigenvalue weighted by molar-refractivity contribution is -0.161. The third-order valence-electron chi connectivity index (χ3n) is 10.3. The number of aromatic nitrogens is 4. The quantitative estimate of drug-likeness (QED) is 0.189. The van der Waals surface area contributed by atoms with E-state index < -0.39 is 66.4 Å². The molecule has 2 fully saturated rings. The van der Waals surface area contributed by atoms with Crippen LogP contribution in [-0.2, 0) is 15.5 Å². The van der Waals surface area contributed by atoms with Crippen molar-refractivity contribution in [3.63, 3.8) is 0 Å². The fraction of sp³-hybridized carbons (Fsp3) is 0.457. The van der Waals surface area contributed by atoms with Crippen molar-refractivity contribution in [2.24, 2.45) is 5.92 Å². The molecule has 0 spiro atoms. The molecule has 16 heteroatoms. The fourth-order valence-electron chi connectivity index (χ4n) is 7.73. The molecule has 0 saturated carbocycles. The molecular formula is C35H33F5N6O5. The van der Waals surface area contributed by atoms with Crippen LogP contribution in [0.4, 0.5) is 27.8 Å². The van der Waals surface area contributed by atoms with E-state index in [2.05, 4.69) is 15.0 Å². The van der Waals surface area contributed by atoms with Gasteiger partial charge < -0.3 is 24.1 Å². The maximum atomic E-state index is 15.9. The minimum Gasteiger partial charge on any atom is -0.480 e. The summed E-state index contributed by atoms with van der Waals surface area (Å²) >= 11 is 0. The highest BCUT2D eigenvalue weighted by Gasteiger charge is 2.46. The number of anilines is 1. The Morgan fingerprint density at radius 2 is 1.76 bits per heavy atom. The number of furan rings is 1. The van der Waals surface area contributed by atoms with Crippen molar-refractivity contribution in [3.05, 3.63) is 54.1 Å². The molecular weight excluding hydrogens is 679 g/mol. The second-order valence-corrected chi connectivity index (χ2v) is 13.7. The van der Waals surface area contributed by atoms with Crippen LogP contribution in [-0.4, -0.2) is 79.1 Å². The van der Waals surface area contributed by atoms with Crippen LogP contribution in [0.25, 0.3) is 33.1 Å². The number of fused-ring (bicyclic) bond motifs is 12. The number of aliphatic carboxylic acids is 1. The fourth-order valence-corrected chi connectivity index (χ4v) is 7.73. The van der Waals surface area contributed by atoms with E-state index in [1.807, 2.05) is 0 Å². The zero-order chi connectivity index (χ0) is 35.8. The number of imidazole rings is 1. The number of alkyl halides is 4. The van der Waals surface area contributed by atoms with Crippen molar-refractivity contribution in [2.75, 3.05) is 24.5 Å². The lowest BCUT2D eigenvalue weighted by Crippen LogP contribution is -2.50. The van der Waals surface area contributed by atoms with E-state index in [-0.39, 0.29) is 79.7 Å². The molecule has 1 N–H and O–H groups in total. The minimum atomic E-state index is -3.77. The molecule has 9 rings (SSSR count). The van der Waals surface area contributed by atoms with Crippen molar-refractivity contribution >= 4 is 50.8 Å². The van der Waals surface area contributed by atoms with E-state index in [1.165, 1.54) is 23.1 Å². The minimum absolute atomic E-state index is 0.00578. The molecule has 1 unspecified atom stereocenters. The van der Waals surface area contributed by atoms with Gasteiger partial charge in [-0.1, -0.05) is 19.1 Å². The molecule has 0 radical (unpaired) electrons. The third-order valence-corrected chi connectivity index (χ3v) is 10.3. The molecule has 11 nitrogen and oxygen atoms in total. The highest BCUT2D eigenvalue weighted by molar-refractivity contribution is 6.06. The number of carboxylic acids is 1. The molecule has 2 aromatic carbocycles. The van der Waals surface area contributed by atoms with Gasteiger partial charge in [0.25, 0.3) is 11.9 Å². The number of para-hydroxylation sites is 1. The van der Waals surface area contributed by atoms with Crippen molar-refractivity contribution in [1.29, 1.82) is 0 Å². The Bertz CT molecular complexity index is 2190. The van der Waals surface area contributed by atoms with Crippen LogP contribution in [0, 0.1) is 11.7 Å². The molecule has 2 saturated heterocycles. The van der Waals surface area contributed by atoms with Gasteiger partial charge in [0, 0.05) is 49.8 Å². The molecule has 4 atom stereocenters. The molecule has 6 bridgehead atoms. The highest BCUT2D eigenvalue weighted by atomic mass is 19.3. The number of hydrogen-bond donors (Lipinski definition) is 1. The summed E-state index contributed by atoms with van der Waals surface area (Å²) in [5, 5.41) is 10.8. The van der Waals surface area contributed by atoms with Gasteiger partial charge in [0.2, 0.25) is 5.82 Å². The summed E-state index contributed by atoms with van der Waals surface area (Å²) in [6.07, 6.45) is -3.22. The van der Waals surface area contributed by atoms with E-state index in [9.17, 15) is 19.1 Å². The number of nitrogens with zero attached hydrogens (tertiary/aromatic N) is 6. The van der Waals surface area contributed by atoms with Gasteiger partial charge in [0.1, 0.15) is 29.1 Å². The molecule has 4 aliphatic rings. The number of piperidine rings is 1. The Morgan fingerprint density at radius 1 is 1.00 bits per heavy atom. The first-order valence-electron chi connectivity index (χ1n) is 16.9.